The second kappa shape index (κ2) is 7.53. The number of sulfonamides is 1. The van der Waals surface area contributed by atoms with Gasteiger partial charge in [-0.25, -0.2) is 17.7 Å². The first kappa shape index (κ1) is 19.1. The SMILES string of the molecule is CN(C)S(=O)(=O)c1ccc(N2CCCC2)c(C(=O)Nc2ccc(N)nc2)c1. The number of hydrogen-bond donors (Lipinski definition) is 2. The van der Waals surface area contributed by atoms with Gasteiger partial charge in [0, 0.05) is 32.9 Å². The van der Waals surface area contributed by atoms with E-state index in [0.717, 1.165) is 35.9 Å². The van der Waals surface area contributed by atoms with Crippen molar-refractivity contribution >= 4 is 33.1 Å². The molecule has 1 aromatic heterocycles. The molecule has 0 unspecified atom stereocenters. The summed E-state index contributed by atoms with van der Waals surface area (Å²) in [6, 6.07) is 7.92. The summed E-state index contributed by atoms with van der Waals surface area (Å²) in [7, 11) is -0.722. The normalized spacial score (nSPS) is 14.6. The average Bonchev–Trinajstić information content (AvgIpc) is 3.17. The molecule has 9 heteroatoms. The highest BCUT2D eigenvalue weighted by Gasteiger charge is 2.24. The van der Waals surface area contributed by atoms with Gasteiger partial charge in [0.15, 0.2) is 0 Å². The predicted octanol–water partition coefficient (Wildman–Crippen LogP) is 1.77. The topological polar surface area (TPSA) is 109 Å². The molecule has 144 valence electrons. The summed E-state index contributed by atoms with van der Waals surface area (Å²) in [4.78, 5) is 19.1. The molecule has 3 rings (SSSR count). The van der Waals surface area contributed by atoms with E-state index in [0.29, 0.717) is 17.1 Å². The van der Waals surface area contributed by atoms with Gasteiger partial charge in [0.2, 0.25) is 10.0 Å². The monoisotopic (exact) mass is 389 g/mol. The maximum Gasteiger partial charge on any atom is 0.257 e. The van der Waals surface area contributed by atoms with Gasteiger partial charge in [-0.2, -0.15) is 0 Å². The Labute approximate surface area is 159 Å². The third-order valence-corrected chi connectivity index (χ3v) is 6.29. The van der Waals surface area contributed by atoms with E-state index in [1.807, 2.05) is 0 Å². The number of pyridine rings is 1. The van der Waals surface area contributed by atoms with Crippen LogP contribution in [0.3, 0.4) is 0 Å². The molecule has 8 nitrogen and oxygen atoms in total. The summed E-state index contributed by atoms with van der Waals surface area (Å²) in [5.41, 5.74) is 7.10. The number of nitrogens with two attached hydrogens (primary N) is 1. The van der Waals surface area contributed by atoms with Gasteiger partial charge >= 0.3 is 0 Å². The first-order chi connectivity index (χ1) is 12.8. The van der Waals surface area contributed by atoms with Crippen LogP contribution in [0.15, 0.2) is 41.4 Å². The summed E-state index contributed by atoms with van der Waals surface area (Å²) < 4.78 is 26.1. The number of nitrogens with one attached hydrogen (secondary N) is 1. The predicted molar refractivity (Wildman–Crippen MR) is 105 cm³/mol. The third kappa shape index (κ3) is 4.04. The summed E-state index contributed by atoms with van der Waals surface area (Å²) in [5.74, 6) is -0.0379. The number of nitrogen functional groups attached to an aromatic ring is 1. The molecule has 0 aliphatic carbocycles. The standard InChI is InChI=1S/C18H23N5O3S/c1-22(2)27(25,26)14-6-7-16(23-9-3-4-10-23)15(11-14)18(24)21-13-5-8-17(19)20-12-13/h5-8,11-12H,3-4,9-10H2,1-2H3,(H2,19,20)(H,21,24). The van der Waals surface area contributed by atoms with Crippen molar-refractivity contribution in [2.24, 2.45) is 0 Å². The Hall–Kier alpha value is -2.65. The van der Waals surface area contributed by atoms with Gasteiger partial charge in [0.1, 0.15) is 5.82 Å². The molecule has 0 saturated carbocycles. The second-order valence-corrected chi connectivity index (χ2v) is 8.74. The number of anilines is 3. The molecule has 3 N–H and O–H groups in total. The van der Waals surface area contributed by atoms with Crippen LogP contribution in [0, 0.1) is 0 Å². The first-order valence-electron chi connectivity index (χ1n) is 8.63. The minimum absolute atomic E-state index is 0.0797. The lowest BCUT2D eigenvalue weighted by Crippen LogP contribution is -2.25. The van der Waals surface area contributed by atoms with Crippen LogP contribution in [0.2, 0.25) is 0 Å². The Kier molecular flexibility index (Phi) is 5.33. The molecule has 0 spiro atoms. The first-order valence-corrected chi connectivity index (χ1v) is 10.1. The zero-order chi connectivity index (χ0) is 19.6. The molecule has 2 aromatic rings. The van der Waals surface area contributed by atoms with Crippen LogP contribution in [0.4, 0.5) is 17.2 Å². The maximum atomic E-state index is 12.9. The fourth-order valence-corrected chi connectivity index (χ4v) is 3.91. The Morgan fingerprint density at radius 2 is 1.89 bits per heavy atom. The third-order valence-electron chi connectivity index (χ3n) is 4.48. The van der Waals surface area contributed by atoms with E-state index in [9.17, 15) is 13.2 Å². The molecule has 0 radical (unpaired) electrons. The van der Waals surface area contributed by atoms with E-state index in [-0.39, 0.29) is 10.8 Å². The number of hydrogen-bond acceptors (Lipinski definition) is 6. The highest BCUT2D eigenvalue weighted by molar-refractivity contribution is 7.89. The molecule has 27 heavy (non-hydrogen) atoms. The molecule has 1 aliphatic rings. The number of benzene rings is 1. The molecule has 1 aliphatic heterocycles. The smallest absolute Gasteiger partial charge is 0.257 e. The van der Waals surface area contributed by atoms with Crippen molar-refractivity contribution in [3.8, 4) is 0 Å². The van der Waals surface area contributed by atoms with E-state index >= 15 is 0 Å². The van der Waals surface area contributed by atoms with Gasteiger partial charge in [0.05, 0.1) is 22.3 Å². The number of amides is 1. The van der Waals surface area contributed by atoms with Crippen LogP contribution in [0.1, 0.15) is 23.2 Å². The lowest BCUT2D eigenvalue weighted by atomic mass is 10.1. The van der Waals surface area contributed by atoms with Crippen molar-refractivity contribution in [2.45, 2.75) is 17.7 Å². The Morgan fingerprint density at radius 1 is 1.19 bits per heavy atom. The molecular formula is C18H23N5O3S. The number of rotatable bonds is 5. The zero-order valence-electron chi connectivity index (χ0n) is 15.3. The lowest BCUT2D eigenvalue weighted by Gasteiger charge is -2.22. The van der Waals surface area contributed by atoms with Crippen LogP contribution in [0.25, 0.3) is 0 Å². The Bertz CT molecular complexity index is 936. The Balaban J connectivity index is 2.00. The second-order valence-electron chi connectivity index (χ2n) is 6.59. The van der Waals surface area contributed by atoms with E-state index in [2.05, 4.69) is 15.2 Å². The van der Waals surface area contributed by atoms with Gasteiger partial charge in [-0.3, -0.25) is 4.79 Å². The molecule has 1 amide bonds. The Morgan fingerprint density at radius 3 is 2.48 bits per heavy atom. The highest BCUT2D eigenvalue weighted by atomic mass is 32.2. The van der Waals surface area contributed by atoms with Crippen LogP contribution in [0.5, 0.6) is 0 Å². The summed E-state index contributed by atoms with van der Waals surface area (Å²) in [5, 5.41) is 2.77. The van der Waals surface area contributed by atoms with E-state index in [4.69, 9.17) is 5.73 Å². The highest BCUT2D eigenvalue weighted by Crippen LogP contribution is 2.29. The van der Waals surface area contributed by atoms with Gasteiger partial charge in [-0.1, -0.05) is 0 Å². The quantitative estimate of drug-likeness (QED) is 0.807. The number of nitrogens with zero attached hydrogens (tertiary/aromatic N) is 3. The molecule has 2 heterocycles. The van der Waals surface area contributed by atoms with Gasteiger partial charge in [0.25, 0.3) is 5.91 Å². The molecule has 1 aromatic carbocycles. The number of carbonyl (C=O) groups excluding carboxylic acids is 1. The molecule has 0 bridgehead atoms. The summed E-state index contributed by atoms with van der Waals surface area (Å²) in [6.07, 6.45) is 3.55. The molecule has 1 fully saturated rings. The van der Waals surface area contributed by atoms with Gasteiger partial charge in [-0.05, 0) is 43.2 Å². The fourth-order valence-electron chi connectivity index (χ4n) is 2.98. The van der Waals surface area contributed by atoms with Crippen LogP contribution >= 0.6 is 0 Å². The van der Waals surface area contributed by atoms with Crippen molar-refractivity contribution in [2.75, 3.05) is 43.1 Å². The van der Waals surface area contributed by atoms with Crippen molar-refractivity contribution in [1.82, 2.24) is 9.29 Å². The van der Waals surface area contributed by atoms with E-state index in [1.54, 1.807) is 24.3 Å². The average molecular weight is 389 g/mol. The van der Waals surface area contributed by atoms with Crippen LogP contribution < -0.4 is 16.0 Å². The summed E-state index contributed by atoms with van der Waals surface area (Å²) >= 11 is 0. The van der Waals surface area contributed by atoms with Crippen molar-refractivity contribution in [1.29, 1.82) is 0 Å². The molecule has 1 saturated heterocycles. The lowest BCUT2D eigenvalue weighted by molar-refractivity contribution is 0.102. The van der Waals surface area contributed by atoms with Gasteiger partial charge in [-0.15, -0.1) is 0 Å². The fraction of sp³-hybridized carbons (Fsp3) is 0.333. The molecule has 0 atom stereocenters. The number of carbonyl (C=O) groups is 1. The van der Waals surface area contributed by atoms with Crippen molar-refractivity contribution in [3.63, 3.8) is 0 Å². The number of aromatic nitrogens is 1. The van der Waals surface area contributed by atoms with E-state index in [1.165, 1.54) is 26.4 Å². The zero-order valence-corrected chi connectivity index (χ0v) is 16.2. The summed E-state index contributed by atoms with van der Waals surface area (Å²) in [6.45, 7) is 1.67. The van der Waals surface area contributed by atoms with Crippen molar-refractivity contribution in [3.05, 3.63) is 42.1 Å². The van der Waals surface area contributed by atoms with Crippen LogP contribution in [-0.2, 0) is 10.0 Å². The molecular weight excluding hydrogens is 366 g/mol. The van der Waals surface area contributed by atoms with Gasteiger partial charge < -0.3 is 16.0 Å². The van der Waals surface area contributed by atoms with E-state index < -0.39 is 10.0 Å². The van der Waals surface area contributed by atoms with Crippen LogP contribution in [-0.4, -0.2) is 50.8 Å². The minimum Gasteiger partial charge on any atom is -0.384 e. The maximum absolute atomic E-state index is 12.9. The minimum atomic E-state index is -3.65. The van der Waals surface area contributed by atoms with Crippen molar-refractivity contribution < 1.29 is 13.2 Å². The largest absolute Gasteiger partial charge is 0.384 e.